The standard InChI is InChI=1S/C26H23FN6O/c1-18(27)26(34)33-14-13-32(15-20(33)9-11-28)25-22-10-12-31(16-23(22)29-17-30-25)24-8-4-6-19-5-2-3-7-21(19)24/h2-8,15,17H,1,9-10,12-14,16H2. The quantitative estimate of drug-likeness (QED) is 0.553. The Morgan fingerprint density at radius 2 is 1.94 bits per heavy atom. The maximum atomic E-state index is 13.5. The summed E-state index contributed by atoms with van der Waals surface area (Å²) in [7, 11) is 0. The zero-order valence-corrected chi connectivity index (χ0v) is 18.6. The van der Waals surface area contributed by atoms with Gasteiger partial charge in [-0.1, -0.05) is 43.0 Å². The highest BCUT2D eigenvalue weighted by Crippen LogP contribution is 2.33. The first-order chi connectivity index (χ1) is 16.6. The Labute approximate surface area is 197 Å². The second kappa shape index (κ2) is 8.94. The van der Waals surface area contributed by atoms with Gasteiger partial charge in [0.1, 0.15) is 12.1 Å². The number of nitriles is 1. The molecule has 2 aromatic carbocycles. The Balaban J connectivity index is 1.45. The number of anilines is 2. The van der Waals surface area contributed by atoms with Crippen molar-refractivity contribution in [3.8, 4) is 6.07 Å². The van der Waals surface area contributed by atoms with Gasteiger partial charge in [0.05, 0.1) is 30.4 Å². The molecule has 34 heavy (non-hydrogen) atoms. The van der Waals surface area contributed by atoms with Crippen molar-refractivity contribution in [2.75, 3.05) is 29.4 Å². The summed E-state index contributed by atoms with van der Waals surface area (Å²) >= 11 is 0. The Hall–Kier alpha value is -4.25. The molecule has 170 valence electrons. The summed E-state index contributed by atoms with van der Waals surface area (Å²) in [4.78, 5) is 26.8. The molecule has 1 aromatic heterocycles. The first-order valence-corrected chi connectivity index (χ1v) is 11.1. The Bertz CT molecular complexity index is 1360. The minimum absolute atomic E-state index is 0.0162. The van der Waals surface area contributed by atoms with E-state index >= 15 is 0 Å². The fraction of sp³-hybridized carbons (Fsp3) is 0.231. The summed E-state index contributed by atoms with van der Waals surface area (Å²) in [5, 5.41) is 11.6. The molecule has 0 N–H and O–H groups in total. The lowest BCUT2D eigenvalue weighted by atomic mass is 10.0. The SMILES string of the molecule is C=C(F)C(=O)N1CCN(c2ncnc3c2CCN(c2cccc4ccccc24)C3)C=C1CC#N. The minimum Gasteiger partial charge on any atom is -0.365 e. The fourth-order valence-corrected chi connectivity index (χ4v) is 4.71. The van der Waals surface area contributed by atoms with Crippen LogP contribution in [0.2, 0.25) is 0 Å². The number of hydrogen-bond acceptors (Lipinski definition) is 6. The maximum absolute atomic E-state index is 13.5. The average Bonchev–Trinajstić information content (AvgIpc) is 2.87. The smallest absolute Gasteiger partial charge is 0.286 e. The minimum atomic E-state index is -1.04. The molecule has 8 heteroatoms. The lowest BCUT2D eigenvalue weighted by molar-refractivity contribution is -0.126. The summed E-state index contributed by atoms with van der Waals surface area (Å²) in [6.07, 6.45) is 4.01. The molecule has 0 bridgehead atoms. The highest BCUT2D eigenvalue weighted by molar-refractivity contribution is 5.94. The van der Waals surface area contributed by atoms with Gasteiger partial charge < -0.3 is 14.7 Å². The molecule has 0 saturated carbocycles. The third-order valence-corrected chi connectivity index (χ3v) is 6.32. The molecular formula is C26H23FN6O. The molecule has 2 aliphatic heterocycles. The topological polar surface area (TPSA) is 76.4 Å². The number of hydrogen-bond donors (Lipinski definition) is 0. The number of allylic oxidation sites excluding steroid dienone is 1. The van der Waals surface area contributed by atoms with Gasteiger partial charge in [-0.25, -0.2) is 14.4 Å². The monoisotopic (exact) mass is 454 g/mol. The van der Waals surface area contributed by atoms with Gasteiger partial charge in [0.15, 0.2) is 5.83 Å². The van der Waals surface area contributed by atoms with Gasteiger partial charge >= 0.3 is 0 Å². The molecule has 5 rings (SSSR count). The Morgan fingerprint density at radius 3 is 2.76 bits per heavy atom. The van der Waals surface area contributed by atoms with Crippen LogP contribution in [-0.4, -0.2) is 40.4 Å². The molecule has 1 amide bonds. The van der Waals surface area contributed by atoms with E-state index in [1.807, 2.05) is 11.0 Å². The van der Waals surface area contributed by atoms with Crippen LogP contribution in [0.15, 0.2) is 73.1 Å². The molecule has 0 atom stereocenters. The van der Waals surface area contributed by atoms with E-state index in [-0.39, 0.29) is 13.0 Å². The van der Waals surface area contributed by atoms with E-state index in [4.69, 9.17) is 0 Å². The molecule has 0 spiro atoms. The summed E-state index contributed by atoms with van der Waals surface area (Å²) in [5.41, 5.74) is 3.62. The van der Waals surface area contributed by atoms with Crippen LogP contribution in [0.25, 0.3) is 10.8 Å². The lowest BCUT2D eigenvalue weighted by Gasteiger charge is -2.36. The van der Waals surface area contributed by atoms with Crippen molar-refractivity contribution in [2.24, 2.45) is 0 Å². The van der Waals surface area contributed by atoms with Crippen molar-refractivity contribution >= 4 is 28.2 Å². The van der Waals surface area contributed by atoms with Gasteiger partial charge in [0.2, 0.25) is 0 Å². The van der Waals surface area contributed by atoms with Crippen LogP contribution < -0.4 is 9.80 Å². The number of halogens is 1. The maximum Gasteiger partial charge on any atom is 0.286 e. The number of carbonyl (C=O) groups excluding carboxylic acids is 1. The van der Waals surface area contributed by atoms with Crippen molar-refractivity contribution in [3.63, 3.8) is 0 Å². The van der Waals surface area contributed by atoms with Crippen LogP contribution in [0, 0.1) is 11.3 Å². The van der Waals surface area contributed by atoms with Crippen molar-refractivity contribution in [2.45, 2.75) is 19.4 Å². The zero-order chi connectivity index (χ0) is 23.7. The van der Waals surface area contributed by atoms with Crippen LogP contribution >= 0.6 is 0 Å². The molecule has 3 aromatic rings. The van der Waals surface area contributed by atoms with Crippen molar-refractivity contribution in [1.29, 1.82) is 5.26 Å². The normalized spacial score (nSPS) is 15.5. The number of fused-ring (bicyclic) bond motifs is 2. The van der Waals surface area contributed by atoms with Crippen LogP contribution in [-0.2, 0) is 17.8 Å². The van der Waals surface area contributed by atoms with E-state index < -0.39 is 11.7 Å². The summed E-state index contributed by atoms with van der Waals surface area (Å²) in [6.45, 7) is 5.26. The van der Waals surface area contributed by atoms with Gasteiger partial charge in [-0.3, -0.25) is 4.79 Å². The van der Waals surface area contributed by atoms with Crippen LogP contribution in [0.1, 0.15) is 17.7 Å². The van der Waals surface area contributed by atoms with Gasteiger partial charge in [0.25, 0.3) is 5.91 Å². The van der Waals surface area contributed by atoms with E-state index in [0.29, 0.717) is 18.8 Å². The fourth-order valence-electron chi connectivity index (χ4n) is 4.71. The Morgan fingerprint density at radius 1 is 1.12 bits per heavy atom. The lowest BCUT2D eigenvalue weighted by Crippen LogP contribution is -2.43. The molecule has 2 aliphatic rings. The molecule has 0 saturated heterocycles. The molecule has 0 fully saturated rings. The predicted octanol–water partition coefficient (Wildman–Crippen LogP) is 4.08. The summed E-state index contributed by atoms with van der Waals surface area (Å²) in [5.74, 6) is -1.08. The second-order valence-electron chi connectivity index (χ2n) is 8.30. The van der Waals surface area contributed by atoms with Gasteiger partial charge in [0, 0.05) is 42.5 Å². The Kier molecular flexibility index (Phi) is 5.68. The molecule has 7 nitrogen and oxygen atoms in total. The molecule has 3 heterocycles. The summed E-state index contributed by atoms with van der Waals surface area (Å²) in [6, 6.07) is 16.7. The first kappa shape index (κ1) is 21.6. The van der Waals surface area contributed by atoms with Gasteiger partial charge in [-0.05, 0) is 17.9 Å². The third-order valence-electron chi connectivity index (χ3n) is 6.32. The van der Waals surface area contributed by atoms with Crippen molar-refractivity contribution < 1.29 is 9.18 Å². The first-order valence-electron chi connectivity index (χ1n) is 11.1. The van der Waals surface area contributed by atoms with Gasteiger partial charge in [-0.15, -0.1) is 0 Å². The highest BCUT2D eigenvalue weighted by atomic mass is 19.1. The van der Waals surface area contributed by atoms with Crippen LogP contribution in [0.5, 0.6) is 0 Å². The largest absolute Gasteiger partial charge is 0.365 e. The molecule has 0 aliphatic carbocycles. The number of amides is 1. The number of nitrogens with zero attached hydrogens (tertiary/aromatic N) is 6. The van der Waals surface area contributed by atoms with Crippen molar-refractivity contribution in [1.82, 2.24) is 14.9 Å². The molecular weight excluding hydrogens is 431 g/mol. The number of benzene rings is 2. The van der Waals surface area contributed by atoms with Crippen LogP contribution in [0.3, 0.4) is 0 Å². The third kappa shape index (κ3) is 3.86. The summed E-state index contributed by atoms with van der Waals surface area (Å²) < 4.78 is 13.5. The second-order valence-corrected chi connectivity index (χ2v) is 8.30. The predicted molar refractivity (Wildman–Crippen MR) is 128 cm³/mol. The molecule has 0 unspecified atom stereocenters. The number of aromatic nitrogens is 2. The van der Waals surface area contributed by atoms with E-state index in [9.17, 15) is 14.4 Å². The zero-order valence-electron chi connectivity index (χ0n) is 18.6. The number of rotatable bonds is 4. The number of carbonyl (C=O) groups is 1. The van der Waals surface area contributed by atoms with E-state index in [1.54, 1.807) is 12.5 Å². The molecule has 0 radical (unpaired) electrons. The average molecular weight is 455 g/mol. The van der Waals surface area contributed by atoms with E-state index in [0.717, 1.165) is 30.0 Å². The van der Waals surface area contributed by atoms with Crippen molar-refractivity contribution in [3.05, 3.63) is 84.4 Å². The van der Waals surface area contributed by atoms with Crippen LogP contribution in [0.4, 0.5) is 15.9 Å². The van der Waals surface area contributed by atoms with E-state index in [2.05, 4.69) is 63.9 Å². The van der Waals surface area contributed by atoms with Gasteiger partial charge in [-0.2, -0.15) is 5.26 Å². The van der Waals surface area contributed by atoms with E-state index in [1.165, 1.54) is 21.4 Å². The highest BCUT2D eigenvalue weighted by Gasteiger charge is 2.29.